The number of nitrogens with zero attached hydrogens (tertiary/aromatic N) is 4. The molecule has 40 heavy (non-hydrogen) atoms. The molecule has 2 aromatic carbocycles. The average Bonchev–Trinajstić information content (AvgIpc) is 3.45. The maximum absolute atomic E-state index is 14.2. The third-order valence-corrected chi connectivity index (χ3v) is 7.98. The molecule has 2 saturated heterocycles. The van der Waals surface area contributed by atoms with Gasteiger partial charge in [0.25, 0.3) is 5.91 Å². The second-order valence-electron chi connectivity index (χ2n) is 10.5. The molecule has 1 N–H and O–H groups in total. The first-order chi connectivity index (χ1) is 19.4. The van der Waals surface area contributed by atoms with Crippen molar-refractivity contribution in [3.63, 3.8) is 0 Å². The van der Waals surface area contributed by atoms with E-state index in [1.54, 1.807) is 19.3 Å². The summed E-state index contributed by atoms with van der Waals surface area (Å²) < 4.78 is 19.1. The summed E-state index contributed by atoms with van der Waals surface area (Å²) in [5.41, 5.74) is 2.40. The summed E-state index contributed by atoms with van der Waals surface area (Å²) in [6.45, 7) is 7.34. The van der Waals surface area contributed by atoms with E-state index in [0.717, 1.165) is 43.6 Å². The molecule has 4 heterocycles. The number of morpholine rings is 1. The number of phenolic OH excluding ortho intramolecular Hbond substituents is 1. The zero-order valence-electron chi connectivity index (χ0n) is 22.9. The van der Waals surface area contributed by atoms with Crippen molar-refractivity contribution in [2.45, 2.75) is 6.54 Å². The summed E-state index contributed by atoms with van der Waals surface area (Å²) in [5, 5.41) is 10.7. The number of allylic oxidation sites excluding steroid dienone is 1. The SMILES string of the molecule is COc1ccc2c(c1)c(C=C1Oc3cc(O)ccc3C1=O)c(C(=O)N1CCOCC1)n2CCN1CCN(C)CC1. The van der Waals surface area contributed by atoms with E-state index in [2.05, 4.69) is 21.4 Å². The number of carbonyl (C=O) groups excluding carboxylic acids is 2. The van der Waals surface area contributed by atoms with Crippen LogP contribution in [-0.2, 0) is 11.3 Å². The first-order valence-corrected chi connectivity index (χ1v) is 13.7. The Labute approximate surface area is 232 Å². The number of amides is 1. The number of Topliss-reactive ketones (excluding diaryl/α,β-unsaturated/α-hetero) is 1. The van der Waals surface area contributed by atoms with Crippen molar-refractivity contribution in [1.29, 1.82) is 0 Å². The minimum Gasteiger partial charge on any atom is -0.508 e. The smallest absolute Gasteiger partial charge is 0.271 e. The molecule has 10 nitrogen and oxygen atoms in total. The number of likely N-dealkylation sites (N-methyl/N-ethyl adjacent to an activating group) is 1. The lowest BCUT2D eigenvalue weighted by Crippen LogP contribution is -2.45. The first kappa shape index (κ1) is 26.4. The molecule has 0 atom stereocenters. The molecule has 3 aliphatic heterocycles. The van der Waals surface area contributed by atoms with Crippen molar-refractivity contribution in [1.82, 2.24) is 19.3 Å². The van der Waals surface area contributed by atoms with Gasteiger partial charge in [0.2, 0.25) is 5.78 Å². The van der Waals surface area contributed by atoms with E-state index in [9.17, 15) is 14.7 Å². The Kier molecular flexibility index (Phi) is 7.22. The van der Waals surface area contributed by atoms with Crippen molar-refractivity contribution < 1.29 is 28.9 Å². The molecule has 1 aromatic heterocycles. The lowest BCUT2D eigenvalue weighted by molar-refractivity contribution is 0.0295. The number of carbonyl (C=O) groups is 2. The lowest BCUT2D eigenvalue weighted by Gasteiger charge is -2.32. The van der Waals surface area contributed by atoms with E-state index in [-0.39, 0.29) is 23.2 Å². The van der Waals surface area contributed by atoms with Gasteiger partial charge in [0.1, 0.15) is 22.9 Å². The molecule has 0 radical (unpaired) electrons. The molecule has 3 aromatic rings. The molecule has 10 heteroatoms. The number of ketones is 1. The number of ether oxygens (including phenoxy) is 3. The molecule has 0 aliphatic carbocycles. The summed E-state index contributed by atoms with van der Waals surface area (Å²) in [5.74, 6) is 0.679. The van der Waals surface area contributed by atoms with Crippen LogP contribution in [0.15, 0.2) is 42.2 Å². The molecule has 2 fully saturated rings. The zero-order chi connectivity index (χ0) is 27.8. The van der Waals surface area contributed by atoms with Gasteiger partial charge in [0.05, 0.1) is 25.9 Å². The third kappa shape index (κ3) is 4.94. The van der Waals surface area contributed by atoms with E-state index < -0.39 is 0 Å². The number of phenols is 1. The molecular formula is C30H34N4O6. The summed E-state index contributed by atoms with van der Waals surface area (Å²) in [4.78, 5) is 34.0. The van der Waals surface area contributed by atoms with Crippen molar-refractivity contribution in [2.24, 2.45) is 0 Å². The van der Waals surface area contributed by atoms with Gasteiger partial charge in [-0.1, -0.05) is 0 Å². The Bertz CT molecular complexity index is 1480. The molecular weight excluding hydrogens is 512 g/mol. The van der Waals surface area contributed by atoms with E-state index in [1.807, 2.05) is 23.1 Å². The number of hydrogen-bond donors (Lipinski definition) is 1. The fraction of sp³-hybridized carbons (Fsp3) is 0.400. The fourth-order valence-electron chi connectivity index (χ4n) is 5.63. The fourth-order valence-corrected chi connectivity index (χ4v) is 5.63. The van der Waals surface area contributed by atoms with Gasteiger partial charge in [-0.3, -0.25) is 14.5 Å². The molecule has 0 spiro atoms. The van der Waals surface area contributed by atoms with Gasteiger partial charge in [-0.25, -0.2) is 0 Å². The Hall–Kier alpha value is -3.86. The van der Waals surface area contributed by atoms with E-state index >= 15 is 0 Å². The normalized spacial score (nSPS) is 19.3. The number of hydrogen-bond acceptors (Lipinski definition) is 8. The predicted octanol–water partition coefficient (Wildman–Crippen LogP) is 2.69. The van der Waals surface area contributed by atoms with Gasteiger partial charge < -0.3 is 33.7 Å². The van der Waals surface area contributed by atoms with Gasteiger partial charge in [-0.2, -0.15) is 0 Å². The molecule has 0 bridgehead atoms. The van der Waals surface area contributed by atoms with Crippen LogP contribution < -0.4 is 9.47 Å². The number of piperazine rings is 1. The van der Waals surface area contributed by atoms with Crippen molar-refractivity contribution in [2.75, 3.05) is 73.2 Å². The van der Waals surface area contributed by atoms with Crippen molar-refractivity contribution >= 4 is 28.7 Å². The molecule has 0 saturated carbocycles. The highest BCUT2D eigenvalue weighted by atomic mass is 16.5. The van der Waals surface area contributed by atoms with E-state index in [0.29, 0.717) is 61.2 Å². The Morgan fingerprint density at radius 2 is 1.80 bits per heavy atom. The minimum atomic E-state index is -0.291. The predicted molar refractivity (Wildman–Crippen MR) is 150 cm³/mol. The molecule has 210 valence electrons. The van der Waals surface area contributed by atoms with Gasteiger partial charge in [0, 0.05) is 74.9 Å². The number of benzene rings is 2. The summed E-state index contributed by atoms with van der Waals surface area (Å²) >= 11 is 0. The van der Waals surface area contributed by atoms with Crippen LogP contribution in [0.1, 0.15) is 26.4 Å². The van der Waals surface area contributed by atoms with Gasteiger partial charge >= 0.3 is 0 Å². The van der Waals surface area contributed by atoms with Gasteiger partial charge in [0.15, 0.2) is 5.76 Å². The maximum atomic E-state index is 14.2. The van der Waals surface area contributed by atoms with Gasteiger partial charge in [-0.15, -0.1) is 0 Å². The van der Waals surface area contributed by atoms with Crippen LogP contribution in [0.25, 0.3) is 17.0 Å². The molecule has 3 aliphatic rings. The standard InChI is InChI=1S/C30H34N4O6/c1-31-7-9-32(10-8-31)11-12-34-25-6-4-21(38-2)18-23(25)24(28(34)30(37)33-13-15-39-16-14-33)19-27-29(36)22-5-3-20(35)17-26(22)40-27/h3-6,17-19,35H,7-16H2,1-2H3. The second kappa shape index (κ2) is 11.0. The Balaban J connectivity index is 1.47. The van der Waals surface area contributed by atoms with Crippen LogP contribution in [-0.4, -0.2) is 109 Å². The number of rotatable bonds is 6. The summed E-state index contributed by atoms with van der Waals surface area (Å²) in [6, 6.07) is 10.2. The van der Waals surface area contributed by atoms with Gasteiger partial charge in [-0.05, 0) is 43.5 Å². The van der Waals surface area contributed by atoms with Crippen LogP contribution in [0.5, 0.6) is 17.2 Å². The lowest BCUT2D eigenvalue weighted by atomic mass is 10.1. The molecule has 6 rings (SSSR count). The summed E-state index contributed by atoms with van der Waals surface area (Å²) in [6.07, 6.45) is 1.67. The highest BCUT2D eigenvalue weighted by molar-refractivity contribution is 6.16. The quantitative estimate of drug-likeness (QED) is 0.472. The van der Waals surface area contributed by atoms with Crippen LogP contribution in [0.4, 0.5) is 0 Å². The monoisotopic (exact) mass is 546 g/mol. The number of fused-ring (bicyclic) bond motifs is 2. The maximum Gasteiger partial charge on any atom is 0.271 e. The van der Waals surface area contributed by atoms with E-state index in [1.165, 1.54) is 12.1 Å². The van der Waals surface area contributed by atoms with Crippen molar-refractivity contribution in [3.05, 3.63) is 59.0 Å². The molecule has 1 amide bonds. The molecule has 0 unspecified atom stereocenters. The highest BCUT2D eigenvalue weighted by Gasteiger charge is 2.32. The van der Waals surface area contributed by atoms with E-state index in [4.69, 9.17) is 14.2 Å². The topological polar surface area (TPSA) is 96.7 Å². The average molecular weight is 547 g/mol. The van der Waals surface area contributed by atoms with Crippen molar-refractivity contribution in [3.8, 4) is 17.2 Å². The third-order valence-electron chi connectivity index (χ3n) is 7.98. The van der Waals surface area contributed by atoms with Crippen LogP contribution in [0, 0.1) is 0 Å². The first-order valence-electron chi connectivity index (χ1n) is 13.7. The summed E-state index contributed by atoms with van der Waals surface area (Å²) in [7, 11) is 3.74. The number of aromatic nitrogens is 1. The number of aromatic hydroxyl groups is 1. The number of methoxy groups -OCH3 is 1. The minimum absolute atomic E-state index is 0.0150. The Morgan fingerprint density at radius 1 is 1.02 bits per heavy atom. The second-order valence-corrected chi connectivity index (χ2v) is 10.5. The van der Waals surface area contributed by atoms with Crippen LogP contribution in [0.2, 0.25) is 0 Å². The highest BCUT2D eigenvalue weighted by Crippen LogP contribution is 2.37. The zero-order valence-corrected chi connectivity index (χ0v) is 22.9. The Morgan fingerprint density at radius 3 is 2.55 bits per heavy atom. The van der Waals surface area contributed by atoms with Crippen LogP contribution in [0.3, 0.4) is 0 Å². The largest absolute Gasteiger partial charge is 0.508 e. The van der Waals surface area contributed by atoms with Crippen LogP contribution >= 0.6 is 0 Å².